The van der Waals surface area contributed by atoms with Crippen molar-refractivity contribution in [2.24, 2.45) is 7.05 Å². The number of amides is 1. The highest BCUT2D eigenvalue weighted by Crippen LogP contribution is 2.34. The molecule has 0 saturated carbocycles. The fourth-order valence-electron chi connectivity index (χ4n) is 2.89. The number of fused-ring (bicyclic) bond motifs is 1. The van der Waals surface area contributed by atoms with Crippen LogP contribution in [0.15, 0.2) is 49.2 Å². The van der Waals surface area contributed by atoms with E-state index < -0.39 is 0 Å². The summed E-state index contributed by atoms with van der Waals surface area (Å²) in [4.78, 5) is 14.0. The molecule has 0 bridgehead atoms. The van der Waals surface area contributed by atoms with Crippen molar-refractivity contribution in [1.82, 2.24) is 14.7 Å². The number of nitrogens with zero attached hydrogens (tertiary/aromatic N) is 3. The fraction of sp³-hybridized carbons (Fsp3) is 0.250. The van der Waals surface area contributed by atoms with Crippen molar-refractivity contribution >= 4 is 5.91 Å². The van der Waals surface area contributed by atoms with Gasteiger partial charge in [-0.05, 0) is 29.7 Å². The van der Waals surface area contributed by atoms with Crippen molar-refractivity contribution in [2.45, 2.75) is 12.5 Å². The molecule has 4 nitrogen and oxygen atoms in total. The third-order valence-corrected chi connectivity index (χ3v) is 3.88. The predicted molar refractivity (Wildman–Crippen MR) is 77.1 cm³/mol. The van der Waals surface area contributed by atoms with E-state index in [1.807, 2.05) is 34.8 Å². The molecule has 1 aliphatic heterocycles. The van der Waals surface area contributed by atoms with Gasteiger partial charge in [0, 0.05) is 19.8 Å². The van der Waals surface area contributed by atoms with E-state index in [1.54, 1.807) is 6.20 Å². The molecule has 3 rings (SSSR count). The summed E-state index contributed by atoms with van der Waals surface area (Å²) in [6, 6.07) is 10.2. The first-order valence-corrected chi connectivity index (χ1v) is 6.71. The Labute approximate surface area is 118 Å². The van der Waals surface area contributed by atoms with Crippen LogP contribution in [-0.4, -0.2) is 27.1 Å². The molecule has 2 aromatic rings. The summed E-state index contributed by atoms with van der Waals surface area (Å²) in [6.45, 7) is 4.32. The lowest BCUT2D eigenvalue weighted by Gasteiger charge is -2.36. The molecule has 1 amide bonds. The van der Waals surface area contributed by atoms with Crippen LogP contribution in [0.2, 0.25) is 0 Å². The maximum Gasteiger partial charge on any atom is 0.246 e. The second kappa shape index (κ2) is 4.96. The summed E-state index contributed by atoms with van der Waals surface area (Å²) >= 11 is 0. The maximum atomic E-state index is 12.2. The first-order chi connectivity index (χ1) is 9.72. The quantitative estimate of drug-likeness (QED) is 0.781. The van der Waals surface area contributed by atoms with Gasteiger partial charge in [-0.3, -0.25) is 9.48 Å². The highest BCUT2D eigenvalue weighted by Gasteiger charge is 2.32. The molecule has 0 saturated heterocycles. The Morgan fingerprint density at radius 2 is 2.20 bits per heavy atom. The Bertz CT molecular complexity index is 659. The Morgan fingerprint density at radius 3 is 2.90 bits per heavy atom. The third-order valence-electron chi connectivity index (χ3n) is 3.88. The van der Waals surface area contributed by atoms with Crippen molar-refractivity contribution in [3.8, 4) is 0 Å². The van der Waals surface area contributed by atoms with Gasteiger partial charge in [-0.1, -0.05) is 30.8 Å². The second-order valence-corrected chi connectivity index (χ2v) is 4.97. The van der Waals surface area contributed by atoms with Crippen LogP contribution in [0.4, 0.5) is 0 Å². The van der Waals surface area contributed by atoms with Crippen molar-refractivity contribution in [2.75, 3.05) is 6.54 Å². The van der Waals surface area contributed by atoms with Crippen LogP contribution in [0, 0.1) is 0 Å². The summed E-state index contributed by atoms with van der Waals surface area (Å²) in [5, 5.41) is 4.24. The molecule has 0 spiro atoms. The molecule has 1 aliphatic rings. The summed E-state index contributed by atoms with van der Waals surface area (Å²) in [5.41, 5.74) is 3.50. The lowest BCUT2D eigenvalue weighted by Crippen LogP contribution is -2.40. The summed E-state index contributed by atoms with van der Waals surface area (Å²) in [7, 11) is 1.91. The molecule has 1 aromatic heterocycles. The standard InChI is InChI=1S/C16H17N3O/c1-3-15(20)19-11-9-12-6-4-5-7-13(12)16(19)14-8-10-17-18(14)2/h3-8,10,16H,1,9,11H2,2H3. The zero-order chi connectivity index (χ0) is 14.1. The minimum Gasteiger partial charge on any atom is -0.326 e. The molecule has 102 valence electrons. The smallest absolute Gasteiger partial charge is 0.246 e. The van der Waals surface area contributed by atoms with Crippen LogP contribution in [0.5, 0.6) is 0 Å². The fourth-order valence-corrected chi connectivity index (χ4v) is 2.89. The Balaban J connectivity index is 2.15. The van der Waals surface area contributed by atoms with Gasteiger partial charge in [-0.25, -0.2) is 0 Å². The topological polar surface area (TPSA) is 38.1 Å². The largest absolute Gasteiger partial charge is 0.326 e. The molecule has 0 radical (unpaired) electrons. The van der Waals surface area contributed by atoms with E-state index in [1.165, 1.54) is 17.2 Å². The van der Waals surface area contributed by atoms with E-state index in [2.05, 4.69) is 23.8 Å². The van der Waals surface area contributed by atoms with E-state index >= 15 is 0 Å². The average Bonchev–Trinajstić information content (AvgIpc) is 2.91. The van der Waals surface area contributed by atoms with E-state index in [4.69, 9.17) is 0 Å². The van der Waals surface area contributed by atoms with E-state index in [0.717, 1.165) is 12.1 Å². The SMILES string of the molecule is C=CC(=O)N1CCc2ccccc2C1c1ccnn1C. The van der Waals surface area contributed by atoms with Gasteiger partial charge in [0.1, 0.15) is 0 Å². The molecule has 0 N–H and O–H groups in total. The van der Waals surface area contributed by atoms with E-state index in [9.17, 15) is 4.79 Å². The number of aryl methyl sites for hydroxylation is 1. The normalized spacial score (nSPS) is 17.6. The second-order valence-electron chi connectivity index (χ2n) is 4.97. The number of hydrogen-bond donors (Lipinski definition) is 0. The molecular formula is C16H17N3O. The lowest BCUT2D eigenvalue weighted by molar-refractivity contribution is -0.128. The highest BCUT2D eigenvalue weighted by atomic mass is 16.2. The molecule has 4 heteroatoms. The number of hydrogen-bond acceptors (Lipinski definition) is 2. The van der Waals surface area contributed by atoms with Gasteiger partial charge < -0.3 is 4.90 Å². The van der Waals surface area contributed by atoms with Crippen LogP contribution in [0.3, 0.4) is 0 Å². The monoisotopic (exact) mass is 267 g/mol. The summed E-state index contributed by atoms with van der Waals surface area (Å²) in [5.74, 6) is -0.0364. The van der Waals surface area contributed by atoms with Crippen molar-refractivity contribution in [3.05, 3.63) is 66.0 Å². The molecule has 0 fully saturated rings. The summed E-state index contributed by atoms with van der Waals surface area (Å²) in [6.07, 6.45) is 4.03. The predicted octanol–water partition coefficient (Wildman–Crippen LogP) is 2.08. The van der Waals surface area contributed by atoms with Crippen LogP contribution in [0.25, 0.3) is 0 Å². The molecule has 1 atom stereocenters. The van der Waals surface area contributed by atoms with Crippen LogP contribution in [-0.2, 0) is 18.3 Å². The van der Waals surface area contributed by atoms with Crippen LogP contribution < -0.4 is 0 Å². The first-order valence-electron chi connectivity index (χ1n) is 6.71. The molecular weight excluding hydrogens is 250 g/mol. The molecule has 20 heavy (non-hydrogen) atoms. The summed E-state index contributed by atoms with van der Waals surface area (Å²) < 4.78 is 1.83. The molecule has 0 aliphatic carbocycles. The lowest BCUT2D eigenvalue weighted by atomic mass is 9.90. The van der Waals surface area contributed by atoms with Gasteiger partial charge in [0.15, 0.2) is 0 Å². The van der Waals surface area contributed by atoms with E-state index in [0.29, 0.717) is 6.54 Å². The van der Waals surface area contributed by atoms with Gasteiger partial charge >= 0.3 is 0 Å². The minimum absolute atomic E-state index is 0.0364. The van der Waals surface area contributed by atoms with Crippen LogP contribution >= 0.6 is 0 Å². The van der Waals surface area contributed by atoms with Gasteiger partial charge in [0.25, 0.3) is 0 Å². The number of carbonyl (C=O) groups excluding carboxylic acids is 1. The van der Waals surface area contributed by atoms with Crippen molar-refractivity contribution in [3.63, 3.8) is 0 Å². The molecule has 1 unspecified atom stereocenters. The minimum atomic E-state index is -0.0852. The highest BCUT2D eigenvalue weighted by molar-refractivity contribution is 5.88. The average molecular weight is 267 g/mol. The molecule has 2 heterocycles. The number of aromatic nitrogens is 2. The zero-order valence-electron chi connectivity index (χ0n) is 11.5. The first kappa shape index (κ1) is 12.7. The van der Waals surface area contributed by atoms with Gasteiger partial charge in [-0.2, -0.15) is 5.10 Å². The van der Waals surface area contributed by atoms with E-state index in [-0.39, 0.29) is 11.9 Å². The Hall–Kier alpha value is -2.36. The number of carbonyl (C=O) groups is 1. The van der Waals surface area contributed by atoms with Gasteiger partial charge in [-0.15, -0.1) is 0 Å². The Kier molecular flexibility index (Phi) is 3.14. The zero-order valence-corrected chi connectivity index (χ0v) is 11.5. The third kappa shape index (κ3) is 1.93. The number of rotatable bonds is 2. The maximum absolute atomic E-state index is 12.2. The van der Waals surface area contributed by atoms with Crippen molar-refractivity contribution < 1.29 is 4.79 Å². The number of benzene rings is 1. The van der Waals surface area contributed by atoms with Crippen LogP contribution in [0.1, 0.15) is 22.9 Å². The van der Waals surface area contributed by atoms with Crippen molar-refractivity contribution in [1.29, 1.82) is 0 Å². The Morgan fingerprint density at radius 1 is 1.40 bits per heavy atom. The molecule has 1 aromatic carbocycles. The van der Waals surface area contributed by atoms with Gasteiger partial charge in [0.2, 0.25) is 5.91 Å². The van der Waals surface area contributed by atoms with Gasteiger partial charge in [0.05, 0.1) is 11.7 Å².